The van der Waals surface area contributed by atoms with Crippen LogP contribution in [-0.4, -0.2) is 33.3 Å². The van der Waals surface area contributed by atoms with Gasteiger partial charge in [-0.25, -0.2) is 0 Å². The van der Waals surface area contributed by atoms with Crippen LogP contribution in [0.5, 0.6) is 11.5 Å². The smallest absolute Gasteiger partial charge is 0.284 e. The van der Waals surface area contributed by atoms with Gasteiger partial charge in [0.25, 0.3) is 5.56 Å². The second-order valence-corrected chi connectivity index (χ2v) is 6.73. The number of H-pyrrole nitrogens is 2. The van der Waals surface area contributed by atoms with Crippen LogP contribution < -0.4 is 15.0 Å². The topological polar surface area (TPSA) is 77.0 Å². The number of hydrogen-bond acceptors (Lipinski definition) is 5. The molecule has 2 aromatic carbocycles. The number of ether oxygens (including phenoxy) is 2. The van der Waals surface area contributed by atoms with E-state index in [0.717, 1.165) is 11.4 Å². The molecule has 2 heterocycles. The van der Waals surface area contributed by atoms with Crippen LogP contribution >= 0.6 is 24.4 Å². The van der Waals surface area contributed by atoms with Gasteiger partial charge in [-0.3, -0.25) is 13.9 Å². The summed E-state index contributed by atoms with van der Waals surface area (Å²) in [6.45, 7) is 0. The first-order valence-electron chi connectivity index (χ1n) is 8.32. The molecule has 0 radical (unpaired) electrons. The van der Waals surface area contributed by atoms with Crippen molar-refractivity contribution in [2.45, 2.75) is 0 Å². The Bertz CT molecular complexity index is 1330. The molecule has 0 atom stereocenters. The van der Waals surface area contributed by atoms with Crippen molar-refractivity contribution < 1.29 is 9.47 Å². The minimum absolute atomic E-state index is 0.290. The van der Waals surface area contributed by atoms with Gasteiger partial charge >= 0.3 is 0 Å². The maximum Gasteiger partial charge on any atom is 0.284 e. The summed E-state index contributed by atoms with van der Waals surface area (Å²) < 4.78 is 14.3. The van der Waals surface area contributed by atoms with Crippen molar-refractivity contribution in [3.05, 3.63) is 68.4 Å². The molecule has 28 heavy (non-hydrogen) atoms. The third kappa shape index (κ3) is 2.94. The second kappa shape index (κ2) is 7.10. The molecule has 0 bridgehead atoms. The molecule has 2 N–H and O–H groups in total. The highest BCUT2D eigenvalue weighted by molar-refractivity contribution is 7.71. The van der Waals surface area contributed by atoms with Gasteiger partial charge in [0, 0.05) is 0 Å². The Kier molecular flexibility index (Phi) is 4.62. The number of rotatable bonds is 4. The number of nitrogens with zero attached hydrogens (tertiary/aromatic N) is 2. The number of aromatic amines is 2. The third-order valence-electron chi connectivity index (χ3n) is 4.39. The fourth-order valence-electron chi connectivity index (χ4n) is 3.02. The van der Waals surface area contributed by atoms with Gasteiger partial charge in [0.15, 0.2) is 9.54 Å². The Morgan fingerprint density at radius 2 is 1.29 bits per heavy atom. The van der Waals surface area contributed by atoms with Crippen molar-refractivity contribution in [1.29, 1.82) is 0 Å². The first-order valence-corrected chi connectivity index (χ1v) is 9.14. The zero-order chi connectivity index (χ0) is 19.8. The summed E-state index contributed by atoms with van der Waals surface area (Å²) in [7, 11) is 3.19. The summed E-state index contributed by atoms with van der Waals surface area (Å²) >= 11 is 10.9. The molecule has 0 aliphatic carbocycles. The first-order chi connectivity index (χ1) is 13.5. The first kappa shape index (κ1) is 18.2. The number of nitrogens with one attached hydrogen (secondary N) is 2. The lowest BCUT2D eigenvalue weighted by atomic mass is 10.3. The summed E-state index contributed by atoms with van der Waals surface area (Å²) in [5.74, 6) is 1.41. The highest BCUT2D eigenvalue weighted by Crippen LogP contribution is 2.21. The fraction of sp³-hybridized carbons (Fsp3) is 0.105. The highest BCUT2D eigenvalue weighted by atomic mass is 32.1. The maximum atomic E-state index is 13.1. The lowest BCUT2D eigenvalue weighted by molar-refractivity contribution is 0.414. The number of imidazole rings is 1. The minimum atomic E-state index is -0.290. The van der Waals surface area contributed by atoms with Gasteiger partial charge < -0.3 is 19.4 Å². The van der Waals surface area contributed by atoms with Crippen molar-refractivity contribution in [2.75, 3.05) is 14.2 Å². The summed E-state index contributed by atoms with van der Waals surface area (Å²) in [5, 5.41) is 0. The van der Waals surface area contributed by atoms with Crippen LogP contribution in [0.1, 0.15) is 0 Å². The predicted molar refractivity (Wildman–Crippen MR) is 112 cm³/mol. The van der Waals surface area contributed by atoms with Crippen molar-refractivity contribution in [3.8, 4) is 22.9 Å². The Hall–Kier alpha value is -3.17. The van der Waals surface area contributed by atoms with Gasteiger partial charge in [0.2, 0.25) is 0 Å². The molecule has 0 aliphatic heterocycles. The Morgan fingerprint density at radius 3 is 1.79 bits per heavy atom. The lowest BCUT2D eigenvalue weighted by Gasteiger charge is -2.14. The van der Waals surface area contributed by atoms with Crippen molar-refractivity contribution in [2.24, 2.45) is 0 Å². The van der Waals surface area contributed by atoms with Gasteiger partial charge in [0.05, 0.1) is 25.6 Å². The number of benzene rings is 2. The molecule has 0 amide bonds. The number of methoxy groups -OCH3 is 2. The van der Waals surface area contributed by atoms with E-state index >= 15 is 0 Å². The molecule has 4 aromatic rings. The standard InChI is InChI=1S/C19H16N4O3S2/c1-25-13-7-3-11(4-8-13)22-16-15(20-18(27)21-16)17(24)23(19(22)28)12-5-9-14(26-2)10-6-12/h3-10H,1-2H3,(H2,20,21,27). The molecule has 2 aromatic heterocycles. The largest absolute Gasteiger partial charge is 0.497 e. The Balaban J connectivity index is 2.07. The van der Waals surface area contributed by atoms with Gasteiger partial charge in [-0.05, 0) is 73.0 Å². The van der Waals surface area contributed by atoms with Crippen molar-refractivity contribution >= 4 is 35.6 Å². The van der Waals surface area contributed by atoms with E-state index in [-0.39, 0.29) is 5.56 Å². The van der Waals surface area contributed by atoms with E-state index in [1.54, 1.807) is 43.1 Å². The molecule has 0 spiro atoms. The van der Waals surface area contributed by atoms with Crippen LogP contribution in [0, 0.1) is 9.54 Å². The van der Waals surface area contributed by atoms with E-state index < -0.39 is 0 Å². The van der Waals surface area contributed by atoms with E-state index in [0.29, 0.717) is 32.1 Å². The van der Waals surface area contributed by atoms with E-state index in [2.05, 4.69) is 9.97 Å². The third-order valence-corrected chi connectivity index (χ3v) is 4.96. The van der Waals surface area contributed by atoms with E-state index in [9.17, 15) is 4.79 Å². The van der Waals surface area contributed by atoms with Gasteiger partial charge in [-0.1, -0.05) is 0 Å². The molecule has 0 saturated carbocycles. The summed E-state index contributed by atoms with van der Waals surface area (Å²) in [6, 6.07) is 14.5. The average molecular weight is 412 g/mol. The molecule has 142 valence electrons. The molecular formula is C19H16N4O3S2. The molecule has 7 nitrogen and oxygen atoms in total. The van der Waals surface area contributed by atoms with Crippen LogP contribution in [0.4, 0.5) is 0 Å². The normalized spacial score (nSPS) is 10.9. The lowest BCUT2D eigenvalue weighted by Crippen LogP contribution is -2.24. The average Bonchev–Trinajstić information content (AvgIpc) is 3.10. The molecular weight excluding hydrogens is 396 g/mol. The summed E-state index contributed by atoms with van der Waals surface area (Å²) in [4.78, 5) is 19.1. The van der Waals surface area contributed by atoms with E-state index in [4.69, 9.17) is 33.9 Å². The molecule has 4 rings (SSSR count). The fourth-order valence-corrected chi connectivity index (χ4v) is 3.60. The van der Waals surface area contributed by atoms with Crippen LogP contribution in [-0.2, 0) is 0 Å². The number of hydrogen-bond donors (Lipinski definition) is 2. The quantitative estimate of drug-likeness (QED) is 0.497. The van der Waals surface area contributed by atoms with Crippen LogP contribution in [0.25, 0.3) is 22.5 Å². The monoisotopic (exact) mass is 412 g/mol. The zero-order valence-corrected chi connectivity index (χ0v) is 16.7. The molecule has 0 unspecified atom stereocenters. The molecule has 0 fully saturated rings. The van der Waals surface area contributed by atoms with Crippen LogP contribution in [0.15, 0.2) is 53.3 Å². The zero-order valence-electron chi connectivity index (χ0n) is 15.1. The molecule has 0 saturated heterocycles. The SMILES string of the molecule is COc1ccc(-n2c(=O)c3[nH]c(=S)[nH]c3n(-c3ccc(OC)cc3)c2=S)cc1. The van der Waals surface area contributed by atoms with Crippen molar-refractivity contribution in [3.63, 3.8) is 0 Å². The summed E-state index contributed by atoms with van der Waals surface area (Å²) in [6.07, 6.45) is 0. The van der Waals surface area contributed by atoms with Gasteiger partial charge in [-0.15, -0.1) is 0 Å². The highest BCUT2D eigenvalue weighted by Gasteiger charge is 2.16. The van der Waals surface area contributed by atoms with Crippen molar-refractivity contribution in [1.82, 2.24) is 19.1 Å². The predicted octanol–water partition coefficient (Wildman–Crippen LogP) is 3.91. The Labute approximate surface area is 169 Å². The Morgan fingerprint density at radius 1 is 0.786 bits per heavy atom. The second-order valence-electron chi connectivity index (χ2n) is 5.96. The summed E-state index contributed by atoms with van der Waals surface area (Å²) in [5.41, 5.74) is 1.95. The van der Waals surface area contributed by atoms with E-state index in [1.165, 1.54) is 4.57 Å². The number of aromatic nitrogens is 4. The van der Waals surface area contributed by atoms with E-state index in [1.807, 2.05) is 24.3 Å². The van der Waals surface area contributed by atoms with Gasteiger partial charge in [0.1, 0.15) is 22.7 Å². The number of fused-ring (bicyclic) bond motifs is 1. The maximum absolute atomic E-state index is 13.1. The minimum Gasteiger partial charge on any atom is -0.497 e. The van der Waals surface area contributed by atoms with Gasteiger partial charge in [-0.2, -0.15) is 0 Å². The molecule has 0 aliphatic rings. The van der Waals surface area contributed by atoms with Crippen LogP contribution in [0.3, 0.4) is 0 Å². The molecule has 9 heteroatoms. The van der Waals surface area contributed by atoms with Crippen LogP contribution in [0.2, 0.25) is 0 Å².